The van der Waals surface area contributed by atoms with E-state index in [2.05, 4.69) is 16.5 Å². The van der Waals surface area contributed by atoms with E-state index < -0.39 is 9.84 Å². The fraction of sp³-hybridized carbons (Fsp3) is 0.360. The summed E-state index contributed by atoms with van der Waals surface area (Å²) in [6, 6.07) is 13.3. The summed E-state index contributed by atoms with van der Waals surface area (Å²) >= 11 is 0. The Labute approximate surface area is 188 Å². The second-order valence-electron chi connectivity index (χ2n) is 8.48. The first-order valence-corrected chi connectivity index (χ1v) is 12.6. The van der Waals surface area contributed by atoms with Gasteiger partial charge in [-0.3, -0.25) is 4.79 Å². The average Bonchev–Trinajstić information content (AvgIpc) is 3.11. The summed E-state index contributed by atoms with van der Waals surface area (Å²) in [7, 11) is -3.65. The topological polar surface area (TPSA) is 89.3 Å². The van der Waals surface area contributed by atoms with Crippen molar-refractivity contribution in [3.8, 4) is 11.3 Å². The number of carbonyl (C=O) groups excluding carboxylic acids is 1. The lowest BCUT2D eigenvalue weighted by Crippen LogP contribution is -2.32. The van der Waals surface area contributed by atoms with Gasteiger partial charge in [0, 0.05) is 17.5 Å². The number of fused-ring (bicyclic) bond motifs is 1. The summed E-state index contributed by atoms with van der Waals surface area (Å²) in [5.41, 5.74) is 5.34. The highest BCUT2D eigenvalue weighted by Crippen LogP contribution is 2.31. The highest BCUT2D eigenvalue weighted by Gasteiger charge is 2.24. The largest absolute Gasteiger partial charge is 0.356 e. The van der Waals surface area contributed by atoms with Gasteiger partial charge >= 0.3 is 0 Å². The first kappa shape index (κ1) is 22.3. The third-order valence-electron chi connectivity index (χ3n) is 6.25. The number of hydrogen-bond donors (Lipinski definition) is 1. The maximum Gasteiger partial charge on any atom is 0.221 e. The predicted octanol–water partition coefficient (Wildman–Crippen LogP) is 4.62. The lowest BCUT2D eigenvalue weighted by Gasteiger charge is -2.26. The molecule has 0 unspecified atom stereocenters. The van der Waals surface area contributed by atoms with Gasteiger partial charge in [-0.1, -0.05) is 41.6 Å². The van der Waals surface area contributed by atoms with Crippen LogP contribution in [0.25, 0.3) is 11.3 Å². The van der Waals surface area contributed by atoms with Crippen molar-refractivity contribution in [2.24, 2.45) is 0 Å². The normalized spacial score (nSPS) is 15.9. The van der Waals surface area contributed by atoms with Crippen LogP contribution in [0.1, 0.15) is 53.3 Å². The van der Waals surface area contributed by atoms with Crippen molar-refractivity contribution in [2.45, 2.75) is 57.4 Å². The number of nitrogens with one attached hydrogen (secondary N) is 1. The Balaban J connectivity index is 1.47. The highest BCUT2D eigenvalue weighted by atomic mass is 32.2. The van der Waals surface area contributed by atoms with Crippen molar-refractivity contribution in [2.75, 3.05) is 5.75 Å². The minimum absolute atomic E-state index is 0.0575. The van der Waals surface area contributed by atoms with Gasteiger partial charge in [-0.05, 0) is 62.8 Å². The van der Waals surface area contributed by atoms with E-state index in [1.807, 2.05) is 38.1 Å². The summed E-state index contributed by atoms with van der Waals surface area (Å²) in [6.07, 6.45) is 2.81. The second kappa shape index (κ2) is 8.90. The Kier molecular flexibility index (Phi) is 6.20. The fourth-order valence-corrected chi connectivity index (χ4v) is 5.81. The molecule has 2 aromatic carbocycles. The Bertz CT molecular complexity index is 1260. The third-order valence-corrected chi connectivity index (χ3v) is 8.10. The van der Waals surface area contributed by atoms with Gasteiger partial charge in [-0.2, -0.15) is 0 Å². The number of amides is 1. The number of aryl methyl sites for hydroxylation is 3. The average molecular weight is 453 g/mol. The van der Waals surface area contributed by atoms with Gasteiger partial charge in [-0.25, -0.2) is 8.42 Å². The molecule has 32 heavy (non-hydrogen) atoms. The first-order chi connectivity index (χ1) is 15.3. The molecule has 7 heteroatoms. The van der Waals surface area contributed by atoms with Crippen LogP contribution in [0.5, 0.6) is 0 Å². The molecule has 1 atom stereocenters. The minimum atomic E-state index is -3.65. The lowest BCUT2D eigenvalue weighted by atomic mass is 9.88. The van der Waals surface area contributed by atoms with Crippen LogP contribution in [0.4, 0.5) is 0 Å². The SMILES string of the molecule is Cc1ccc(-c2onc(C)c2C)cc1S(=O)(=O)CCC(=O)N[C@@H]1CCCc2ccccc21. The fourth-order valence-electron chi connectivity index (χ4n) is 4.27. The van der Waals surface area contributed by atoms with Crippen molar-refractivity contribution < 1.29 is 17.7 Å². The number of carbonyl (C=O) groups is 1. The maximum absolute atomic E-state index is 13.1. The molecule has 1 aromatic heterocycles. The third kappa shape index (κ3) is 4.48. The zero-order valence-corrected chi connectivity index (χ0v) is 19.5. The van der Waals surface area contributed by atoms with Gasteiger partial charge in [0.1, 0.15) is 0 Å². The quantitative estimate of drug-likeness (QED) is 0.589. The zero-order valence-electron chi connectivity index (χ0n) is 18.6. The van der Waals surface area contributed by atoms with Crippen LogP contribution in [-0.4, -0.2) is 25.2 Å². The van der Waals surface area contributed by atoms with Gasteiger partial charge < -0.3 is 9.84 Å². The predicted molar refractivity (Wildman–Crippen MR) is 123 cm³/mol. The van der Waals surface area contributed by atoms with E-state index in [9.17, 15) is 13.2 Å². The second-order valence-corrected chi connectivity index (χ2v) is 10.6. The summed E-state index contributed by atoms with van der Waals surface area (Å²) in [4.78, 5) is 12.8. The van der Waals surface area contributed by atoms with Crippen molar-refractivity contribution in [1.82, 2.24) is 10.5 Å². The van der Waals surface area contributed by atoms with Crippen LogP contribution in [0.3, 0.4) is 0 Å². The van der Waals surface area contributed by atoms with Crippen LogP contribution in [0.15, 0.2) is 51.9 Å². The van der Waals surface area contributed by atoms with E-state index in [1.165, 1.54) is 5.56 Å². The number of benzene rings is 2. The number of aromatic nitrogens is 1. The van der Waals surface area contributed by atoms with Gasteiger partial charge in [-0.15, -0.1) is 0 Å². The first-order valence-electron chi connectivity index (χ1n) is 10.9. The molecule has 4 rings (SSSR count). The molecular weight excluding hydrogens is 424 g/mol. The van der Waals surface area contributed by atoms with Crippen LogP contribution in [0, 0.1) is 20.8 Å². The van der Waals surface area contributed by atoms with Crippen LogP contribution < -0.4 is 5.32 Å². The number of hydrogen-bond acceptors (Lipinski definition) is 5. The summed E-state index contributed by atoms with van der Waals surface area (Å²) in [6.45, 7) is 5.49. The molecule has 1 heterocycles. The Hall–Kier alpha value is -2.93. The van der Waals surface area contributed by atoms with Crippen molar-refractivity contribution >= 4 is 15.7 Å². The molecule has 1 N–H and O–H groups in total. The standard InChI is InChI=1S/C25H28N2O4S/c1-16-11-12-20(25-17(2)18(3)27-31-25)15-23(16)32(29,30)14-13-24(28)26-22-10-6-8-19-7-4-5-9-21(19)22/h4-5,7,9,11-12,15,22H,6,8,10,13-14H2,1-3H3,(H,26,28)/t22-/m1/s1. The highest BCUT2D eigenvalue weighted by molar-refractivity contribution is 7.91. The molecule has 0 saturated heterocycles. The van der Waals surface area contributed by atoms with E-state index in [1.54, 1.807) is 19.1 Å². The van der Waals surface area contributed by atoms with Gasteiger partial charge in [0.15, 0.2) is 15.6 Å². The molecule has 0 saturated carbocycles. The van der Waals surface area contributed by atoms with Crippen LogP contribution >= 0.6 is 0 Å². The van der Waals surface area contributed by atoms with E-state index in [4.69, 9.17) is 4.52 Å². The molecule has 0 aliphatic heterocycles. The smallest absolute Gasteiger partial charge is 0.221 e. The minimum Gasteiger partial charge on any atom is -0.356 e. The van der Waals surface area contributed by atoms with Gasteiger partial charge in [0.25, 0.3) is 0 Å². The lowest BCUT2D eigenvalue weighted by molar-refractivity contribution is -0.121. The molecule has 6 nitrogen and oxygen atoms in total. The molecule has 3 aromatic rings. The Morgan fingerprint density at radius 2 is 1.94 bits per heavy atom. The molecule has 0 spiro atoms. The number of rotatable bonds is 6. The summed E-state index contributed by atoms with van der Waals surface area (Å²) < 4.78 is 31.6. The molecule has 0 fully saturated rings. The zero-order chi connectivity index (χ0) is 22.9. The molecule has 168 valence electrons. The van der Waals surface area contributed by atoms with E-state index in [0.717, 1.165) is 36.1 Å². The molecule has 1 amide bonds. The Morgan fingerprint density at radius 1 is 1.16 bits per heavy atom. The molecular formula is C25H28N2O4S. The maximum atomic E-state index is 13.1. The van der Waals surface area contributed by atoms with Gasteiger partial charge in [0.2, 0.25) is 5.91 Å². The van der Waals surface area contributed by atoms with E-state index in [0.29, 0.717) is 16.9 Å². The molecule has 0 radical (unpaired) electrons. The van der Waals surface area contributed by atoms with Crippen LogP contribution in [-0.2, 0) is 21.1 Å². The van der Waals surface area contributed by atoms with E-state index >= 15 is 0 Å². The van der Waals surface area contributed by atoms with Crippen molar-refractivity contribution in [1.29, 1.82) is 0 Å². The Morgan fingerprint density at radius 3 is 2.69 bits per heavy atom. The number of nitrogens with zero attached hydrogens (tertiary/aromatic N) is 1. The van der Waals surface area contributed by atoms with Crippen LogP contribution in [0.2, 0.25) is 0 Å². The summed E-state index contributed by atoms with van der Waals surface area (Å²) in [5.74, 6) is 0.0739. The molecule has 1 aliphatic carbocycles. The van der Waals surface area contributed by atoms with Crippen molar-refractivity contribution in [3.63, 3.8) is 0 Å². The molecule has 1 aliphatic rings. The van der Waals surface area contributed by atoms with E-state index in [-0.39, 0.29) is 29.0 Å². The van der Waals surface area contributed by atoms with Gasteiger partial charge in [0.05, 0.1) is 22.4 Å². The monoisotopic (exact) mass is 452 g/mol. The number of sulfone groups is 1. The summed E-state index contributed by atoms with van der Waals surface area (Å²) in [5, 5.41) is 6.99. The molecule has 0 bridgehead atoms. The van der Waals surface area contributed by atoms with Crippen molar-refractivity contribution in [3.05, 3.63) is 70.4 Å².